The van der Waals surface area contributed by atoms with Gasteiger partial charge in [-0.25, -0.2) is 13.2 Å². The van der Waals surface area contributed by atoms with Crippen LogP contribution in [0.25, 0.3) is 0 Å². The maximum atomic E-state index is 14.0. The fraction of sp³-hybridized carbons (Fsp3) is 0.355. The molecule has 3 amide bonds. The van der Waals surface area contributed by atoms with Crippen molar-refractivity contribution < 1.29 is 27.5 Å². The number of nitrogens with one attached hydrogen (secondary N) is 1. The molecular weight excluding hydrogens is 570 g/mol. The molecule has 2 saturated heterocycles. The number of nitrogens with zero attached hydrogens (tertiary/aromatic N) is 4. The van der Waals surface area contributed by atoms with E-state index in [0.29, 0.717) is 50.0 Å². The van der Waals surface area contributed by atoms with Crippen LogP contribution in [0, 0.1) is 0 Å². The average molecular weight is 608 g/mol. The van der Waals surface area contributed by atoms with Crippen molar-refractivity contribution in [1.82, 2.24) is 14.1 Å². The first-order valence-electron chi connectivity index (χ1n) is 14.3. The Kier molecular flexibility index (Phi) is 9.37. The molecule has 2 aliphatic rings. The van der Waals surface area contributed by atoms with Gasteiger partial charge in [0.2, 0.25) is 15.9 Å². The van der Waals surface area contributed by atoms with Crippen LogP contribution in [0.5, 0.6) is 11.5 Å². The van der Waals surface area contributed by atoms with Crippen molar-refractivity contribution in [3.63, 3.8) is 0 Å². The molecule has 0 bridgehead atoms. The molecule has 43 heavy (non-hydrogen) atoms. The predicted octanol–water partition coefficient (Wildman–Crippen LogP) is 3.35. The number of urea groups is 1. The molecule has 1 atom stereocenters. The summed E-state index contributed by atoms with van der Waals surface area (Å²) in [5, 5.41) is 2.86. The van der Waals surface area contributed by atoms with Gasteiger partial charge >= 0.3 is 6.03 Å². The Balaban J connectivity index is 1.34. The lowest BCUT2D eigenvalue weighted by Gasteiger charge is -2.43. The molecule has 2 heterocycles. The Morgan fingerprint density at radius 2 is 1.44 bits per heavy atom. The summed E-state index contributed by atoms with van der Waals surface area (Å²) in [6, 6.07) is 21.6. The van der Waals surface area contributed by atoms with Crippen LogP contribution < -0.4 is 19.7 Å². The van der Waals surface area contributed by atoms with Gasteiger partial charge in [0, 0.05) is 57.2 Å². The van der Waals surface area contributed by atoms with E-state index in [-0.39, 0.29) is 30.4 Å². The molecule has 11 nitrogen and oxygen atoms in total. The van der Waals surface area contributed by atoms with Crippen molar-refractivity contribution in [3.8, 4) is 11.5 Å². The summed E-state index contributed by atoms with van der Waals surface area (Å²) < 4.78 is 39.6. The molecule has 0 spiro atoms. The minimum atomic E-state index is -4.04. The molecule has 1 unspecified atom stereocenters. The molecule has 0 aromatic heterocycles. The number of methoxy groups -OCH3 is 1. The Bertz CT molecular complexity index is 1490. The Hall–Kier alpha value is -4.29. The van der Waals surface area contributed by atoms with Crippen molar-refractivity contribution in [2.75, 3.05) is 69.7 Å². The van der Waals surface area contributed by atoms with Crippen molar-refractivity contribution in [2.24, 2.45) is 0 Å². The van der Waals surface area contributed by atoms with Crippen molar-refractivity contribution >= 4 is 33.3 Å². The normalized spacial score (nSPS) is 17.8. The van der Waals surface area contributed by atoms with Crippen molar-refractivity contribution in [2.45, 2.75) is 17.9 Å². The van der Waals surface area contributed by atoms with E-state index in [9.17, 15) is 18.0 Å². The molecule has 228 valence electrons. The van der Waals surface area contributed by atoms with Gasteiger partial charge in [-0.15, -0.1) is 0 Å². The maximum Gasteiger partial charge on any atom is 0.321 e. The molecule has 0 saturated carbocycles. The summed E-state index contributed by atoms with van der Waals surface area (Å²) in [6.45, 7) is 4.59. The van der Waals surface area contributed by atoms with Crippen LogP contribution in [0.4, 0.5) is 16.2 Å². The zero-order valence-corrected chi connectivity index (χ0v) is 25.2. The molecule has 12 heteroatoms. The highest BCUT2D eigenvalue weighted by Gasteiger charge is 2.43. The van der Waals surface area contributed by atoms with E-state index in [0.717, 1.165) is 5.69 Å². The SMILES string of the molecule is CCOc1ccc(NC(=O)N2CCN(S(=O)(=O)c3ccc(OC)cc3)C(C(=O)N3CCN(c4ccccc4)CC3)C2)cc1. The predicted molar refractivity (Wildman–Crippen MR) is 164 cm³/mol. The third-order valence-electron chi connectivity index (χ3n) is 7.70. The first kappa shape index (κ1) is 30.2. The van der Waals surface area contributed by atoms with E-state index in [1.807, 2.05) is 37.3 Å². The number of piperazine rings is 2. The zero-order chi connectivity index (χ0) is 30.4. The lowest BCUT2D eigenvalue weighted by atomic mass is 10.1. The molecule has 2 fully saturated rings. The monoisotopic (exact) mass is 607 g/mol. The van der Waals surface area contributed by atoms with Crippen LogP contribution >= 0.6 is 0 Å². The summed E-state index contributed by atoms with van der Waals surface area (Å²) in [5.74, 6) is 0.901. The van der Waals surface area contributed by atoms with E-state index < -0.39 is 22.1 Å². The number of hydrogen-bond donors (Lipinski definition) is 1. The highest BCUT2D eigenvalue weighted by molar-refractivity contribution is 7.89. The highest BCUT2D eigenvalue weighted by Crippen LogP contribution is 2.26. The molecule has 1 N–H and O–H groups in total. The quantitative estimate of drug-likeness (QED) is 0.418. The number of ether oxygens (including phenoxy) is 2. The van der Waals surface area contributed by atoms with E-state index in [1.54, 1.807) is 41.3 Å². The van der Waals surface area contributed by atoms with Gasteiger partial charge in [0.15, 0.2) is 0 Å². The molecule has 2 aliphatic heterocycles. The van der Waals surface area contributed by atoms with Crippen molar-refractivity contribution in [1.29, 1.82) is 0 Å². The van der Waals surface area contributed by atoms with E-state index in [2.05, 4.69) is 10.2 Å². The number of carbonyl (C=O) groups excluding carboxylic acids is 2. The number of anilines is 2. The second-order valence-corrected chi connectivity index (χ2v) is 12.2. The van der Waals surface area contributed by atoms with Gasteiger partial charge in [0.1, 0.15) is 17.5 Å². The van der Waals surface area contributed by atoms with Crippen LogP contribution in [0.15, 0.2) is 83.8 Å². The van der Waals surface area contributed by atoms with E-state index in [1.165, 1.54) is 28.4 Å². The van der Waals surface area contributed by atoms with Crippen LogP contribution in [0.3, 0.4) is 0 Å². The summed E-state index contributed by atoms with van der Waals surface area (Å²) in [7, 11) is -2.54. The Labute approximate surface area is 252 Å². The zero-order valence-electron chi connectivity index (χ0n) is 24.4. The third kappa shape index (κ3) is 6.86. The Morgan fingerprint density at radius 3 is 2.07 bits per heavy atom. The maximum absolute atomic E-state index is 14.0. The van der Waals surface area contributed by atoms with Gasteiger partial charge in [-0.1, -0.05) is 18.2 Å². The van der Waals surface area contributed by atoms with Crippen LogP contribution in [0.2, 0.25) is 0 Å². The number of carbonyl (C=O) groups is 2. The highest BCUT2D eigenvalue weighted by atomic mass is 32.2. The smallest absolute Gasteiger partial charge is 0.321 e. The molecule has 3 aromatic carbocycles. The molecule has 5 rings (SSSR count). The van der Waals surface area contributed by atoms with E-state index >= 15 is 0 Å². The van der Waals surface area contributed by atoms with Crippen LogP contribution in [-0.2, 0) is 14.8 Å². The van der Waals surface area contributed by atoms with Gasteiger partial charge in [-0.3, -0.25) is 4.79 Å². The fourth-order valence-electron chi connectivity index (χ4n) is 5.36. The Morgan fingerprint density at radius 1 is 0.814 bits per heavy atom. The second-order valence-electron chi connectivity index (χ2n) is 10.3. The van der Waals surface area contributed by atoms with Gasteiger partial charge in [0.05, 0.1) is 18.6 Å². The van der Waals surface area contributed by atoms with Crippen LogP contribution in [-0.4, -0.2) is 100 Å². The standard InChI is InChI=1S/C31H37N5O6S/c1-3-42-27-11-9-24(10-12-27)32-31(38)35-21-22-36(43(39,40)28-15-13-26(41-2)14-16-28)29(23-35)30(37)34-19-17-33(18-20-34)25-7-5-4-6-8-25/h4-16,29H,3,17-23H2,1-2H3,(H,32,38). The molecule has 0 aliphatic carbocycles. The number of benzene rings is 3. The van der Waals surface area contributed by atoms with Gasteiger partial charge in [-0.2, -0.15) is 4.31 Å². The first-order valence-corrected chi connectivity index (χ1v) is 15.8. The van der Waals surface area contributed by atoms with Crippen LogP contribution in [0.1, 0.15) is 6.92 Å². The minimum Gasteiger partial charge on any atom is -0.497 e. The second kappa shape index (κ2) is 13.3. The molecular formula is C31H37N5O6S. The lowest BCUT2D eigenvalue weighted by Crippen LogP contribution is -2.63. The lowest BCUT2D eigenvalue weighted by molar-refractivity contribution is -0.137. The average Bonchev–Trinajstić information content (AvgIpc) is 3.05. The number of sulfonamides is 1. The van der Waals surface area contributed by atoms with Gasteiger partial charge < -0.3 is 29.5 Å². The first-order chi connectivity index (χ1) is 20.8. The topological polar surface area (TPSA) is 112 Å². The van der Waals surface area contributed by atoms with E-state index in [4.69, 9.17) is 9.47 Å². The number of hydrogen-bond acceptors (Lipinski definition) is 7. The van der Waals surface area contributed by atoms with Gasteiger partial charge in [0.25, 0.3) is 0 Å². The number of para-hydroxylation sites is 1. The number of amides is 3. The summed E-state index contributed by atoms with van der Waals surface area (Å²) >= 11 is 0. The molecule has 3 aromatic rings. The fourth-order valence-corrected chi connectivity index (χ4v) is 6.93. The molecule has 0 radical (unpaired) electrons. The summed E-state index contributed by atoms with van der Waals surface area (Å²) in [5.41, 5.74) is 1.65. The van der Waals surface area contributed by atoms with Crippen molar-refractivity contribution in [3.05, 3.63) is 78.9 Å². The minimum absolute atomic E-state index is 0.0224. The summed E-state index contributed by atoms with van der Waals surface area (Å²) in [6.07, 6.45) is 0. The number of rotatable bonds is 8. The summed E-state index contributed by atoms with van der Waals surface area (Å²) in [4.78, 5) is 32.8. The third-order valence-corrected chi connectivity index (χ3v) is 9.62. The largest absolute Gasteiger partial charge is 0.497 e. The van der Waals surface area contributed by atoms with Gasteiger partial charge in [-0.05, 0) is 67.6 Å².